The summed E-state index contributed by atoms with van der Waals surface area (Å²) in [6, 6.07) is 16.6. The van der Waals surface area contributed by atoms with Gasteiger partial charge in [-0.2, -0.15) is 9.52 Å². The van der Waals surface area contributed by atoms with Gasteiger partial charge in [-0.05, 0) is 29.8 Å². The van der Waals surface area contributed by atoms with Gasteiger partial charge in [-0.15, -0.1) is 0 Å². The molecule has 0 fully saturated rings. The summed E-state index contributed by atoms with van der Waals surface area (Å²) in [5, 5.41) is 5.59. The Kier molecular flexibility index (Phi) is 4.70. The van der Waals surface area contributed by atoms with Gasteiger partial charge in [-0.3, -0.25) is 0 Å². The molecule has 4 rings (SSSR count). The molecule has 0 amide bonds. The van der Waals surface area contributed by atoms with Crippen molar-refractivity contribution in [3.63, 3.8) is 0 Å². The maximum absolute atomic E-state index is 12.4. The summed E-state index contributed by atoms with van der Waals surface area (Å²) < 4.78 is 26.8. The molecule has 1 atom stereocenters. The molecule has 1 aromatic heterocycles. The highest BCUT2D eigenvalue weighted by Crippen LogP contribution is 2.38. The first-order valence-electron chi connectivity index (χ1n) is 8.21. The Balaban J connectivity index is 1.80. The molecule has 0 radical (unpaired) electrons. The number of fused-ring (bicyclic) bond motifs is 1. The van der Waals surface area contributed by atoms with Crippen LogP contribution in [0.3, 0.4) is 0 Å². The Labute approximate surface area is 170 Å². The first-order chi connectivity index (χ1) is 12.8. The topological polar surface area (TPSA) is 62.6 Å². The standard InChI is InChI=1S/C19H15BrClN3O2S/c1-27(25,26)24-18(11-17(23-24)12-6-8-14(20)9-7-12)15-10-13-4-2-3-5-16(13)22-19(15)21/h2-10,18H,11H2,1H3/t18-/m1/s1. The Hall–Kier alpha value is -1.96. The number of benzene rings is 2. The molecule has 27 heavy (non-hydrogen) atoms. The van der Waals surface area contributed by atoms with E-state index in [0.717, 1.165) is 31.6 Å². The van der Waals surface area contributed by atoms with Crippen LogP contribution in [0.1, 0.15) is 23.6 Å². The van der Waals surface area contributed by atoms with Crippen LogP contribution in [0.25, 0.3) is 10.9 Å². The smallest absolute Gasteiger partial charge is 0.236 e. The maximum atomic E-state index is 12.4. The molecular formula is C19H15BrClN3O2S. The van der Waals surface area contributed by atoms with E-state index in [9.17, 15) is 8.42 Å². The summed E-state index contributed by atoms with van der Waals surface area (Å²) >= 11 is 9.83. The maximum Gasteiger partial charge on any atom is 0.247 e. The highest BCUT2D eigenvalue weighted by Gasteiger charge is 2.36. The molecule has 138 valence electrons. The lowest BCUT2D eigenvalue weighted by Crippen LogP contribution is -2.26. The van der Waals surface area contributed by atoms with Crippen LogP contribution in [0.4, 0.5) is 0 Å². The van der Waals surface area contributed by atoms with Crippen LogP contribution in [0.15, 0.2) is 64.2 Å². The SMILES string of the molecule is CS(=O)(=O)N1N=C(c2ccc(Br)cc2)C[C@@H]1c1cc2ccccc2nc1Cl. The van der Waals surface area contributed by atoms with Gasteiger partial charge < -0.3 is 0 Å². The van der Waals surface area contributed by atoms with Gasteiger partial charge in [0.25, 0.3) is 0 Å². The lowest BCUT2D eigenvalue weighted by Gasteiger charge is -2.22. The van der Waals surface area contributed by atoms with Crippen molar-refractivity contribution in [2.24, 2.45) is 5.10 Å². The zero-order valence-corrected chi connectivity index (χ0v) is 17.5. The van der Waals surface area contributed by atoms with Gasteiger partial charge in [0, 0.05) is 21.8 Å². The second-order valence-corrected chi connectivity index (χ2v) is 9.48. The highest BCUT2D eigenvalue weighted by atomic mass is 79.9. The van der Waals surface area contributed by atoms with Crippen molar-refractivity contribution in [1.82, 2.24) is 9.40 Å². The minimum atomic E-state index is -3.57. The van der Waals surface area contributed by atoms with Gasteiger partial charge in [-0.25, -0.2) is 13.4 Å². The molecule has 0 saturated heterocycles. The van der Waals surface area contributed by atoms with Gasteiger partial charge in [0.2, 0.25) is 10.0 Å². The summed E-state index contributed by atoms with van der Waals surface area (Å²) in [7, 11) is -3.57. The molecule has 2 heterocycles. The molecule has 3 aromatic rings. The Morgan fingerprint density at radius 2 is 1.85 bits per heavy atom. The number of hydrogen-bond acceptors (Lipinski definition) is 4. The van der Waals surface area contributed by atoms with Crippen molar-refractivity contribution in [3.05, 3.63) is 75.4 Å². The van der Waals surface area contributed by atoms with Crippen molar-refractivity contribution >= 4 is 54.2 Å². The van der Waals surface area contributed by atoms with E-state index in [1.54, 1.807) is 0 Å². The second kappa shape index (κ2) is 6.89. The largest absolute Gasteiger partial charge is 0.247 e. The van der Waals surface area contributed by atoms with Crippen LogP contribution >= 0.6 is 27.5 Å². The quantitative estimate of drug-likeness (QED) is 0.525. The van der Waals surface area contributed by atoms with E-state index in [0.29, 0.717) is 22.8 Å². The van der Waals surface area contributed by atoms with Crippen molar-refractivity contribution < 1.29 is 8.42 Å². The average molecular weight is 465 g/mol. The molecule has 2 aromatic carbocycles. The zero-order chi connectivity index (χ0) is 19.2. The van der Waals surface area contributed by atoms with Crippen molar-refractivity contribution in [2.75, 3.05) is 6.26 Å². The van der Waals surface area contributed by atoms with E-state index in [-0.39, 0.29) is 0 Å². The molecule has 0 unspecified atom stereocenters. The molecule has 1 aliphatic rings. The van der Waals surface area contributed by atoms with Crippen LogP contribution in [0.2, 0.25) is 5.15 Å². The third-order valence-electron chi connectivity index (χ3n) is 4.45. The number of aromatic nitrogens is 1. The fourth-order valence-corrected chi connectivity index (χ4v) is 4.62. The number of nitrogens with zero attached hydrogens (tertiary/aromatic N) is 3. The van der Waals surface area contributed by atoms with Gasteiger partial charge in [0.05, 0.1) is 23.5 Å². The van der Waals surface area contributed by atoms with E-state index in [2.05, 4.69) is 26.0 Å². The summed E-state index contributed by atoms with van der Waals surface area (Å²) in [6.07, 6.45) is 1.57. The van der Waals surface area contributed by atoms with Gasteiger partial charge in [0.1, 0.15) is 5.15 Å². The number of sulfonamides is 1. The number of pyridine rings is 1. The molecule has 0 aliphatic carbocycles. The number of hydrazone groups is 1. The fourth-order valence-electron chi connectivity index (χ4n) is 3.19. The van der Waals surface area contributed by atoms with Crippen LogP contribution < -0.4 is 0 Å². The zero-order valence-electron chi connectivity index (χ0n) is 14.3. The molecule has 0 bridgehead atoms. The lowest BCUT2D eigenvalue weighted by atomic mass is 9.99. The van der Waals surface area contributed by atoms with Crippen molar-refractivity contribution in [3.8, 4) is 0 Å². The molecule has 0 spiro atoms. The van der Waals surface area contributed by atoms with Crippen molar-refractivity contribution in [2.45, 2.75) is 12.5 Å². The first kappa shape index (κ1) is 18.4. The van der Waals surface area contributed by atoms with Crippen LogP contribution in [-0.4, -0.2) is 29.8 Å². The van der Waals surface area contributed by atoms with Crippen LogP contribution in [0.5, 0.6) is 0 Å². The summed E-state index contributed by atoms with van der Waals surface area (Å²) in [5.74, 6) is 0. The molecule has 5 nitrogen and oxygen atoms in total. The van der Waals surface area contributed by atoms with Gasteiger partial charge >= 0.3 is 0 Å². The lowest BCUT2D eigenvalue weighted by molar-refractivity contribution is 0.374. The Morgan fingerprint density at radius 1 is 1.15 bits per heavy atom. The van der Waals surface area contributed by atoms with E-state index in [1.807, 2.05) is 54.6 Å². The van der Waals surface area contributed by atoms with E-state index < -0.39 is 16.1 Å². The summed E-state index contributed by atoms with van der Waals surface area (Å²) in [5.41, 5.74) is 2.99. The Morgan fingerprint density at radius 3 is 2.56 bits per heavy atom. The summed E-state index contributed by atoms with van der Waals surface area (Å²) in [4.78, 5) is 4.43. The second-order valence-electron chi connectivity index (χ2n) is 6.37. The van der Waals surface area contributed by atoms with E-state index in [1.165, 1.54) is 0 Å². The average Bonchev–Trinajstić information content (AvgIpc) is 3.07. The van der Waals surface area contributed by atoms with E-state index in [4.69, 9.17) is 11.6 Å². The predicted octanol–water partition coefficient (Wildman–Crippen LogP) is 4.76. The van der Waals surface area contributed by atoms with Gasteiger partial charge in [0.15, 0.2) is 0 Å². The molecule has 8 heteroatoms. The minimum absolute atomic E-state index is 0.291. The third kappa shape index (κ3) is 3.59. The number of rotatable bonds is 3. The number of hydrogen-bond donors (Lipinski definition) is 0. The number of halogens is 2. The normalized spacial score (nSPS) is 17.4. The van der Waals surface area contributed by atoms with Gasteiger partial charge in [-0.1, -0.05) is 57.9 Å². The monoisotopic (exact) mass is 463 g/mol. The van der Waals surface area contributed by atoms with Crippen LogP contribution in [0, 0.1) is 0 Å². The van der Waals surface area contributed by atoms with Crippen molar-refractivity contribution in [1.29, 1.82) is 0 Å². The predicted molar refractivity (Wildman–Crippen MR) is 111 cm³/mol. The van der Waals surface area contributed by atoms with Crippen LogP contribution in [-0.2, 0) is 10.0 Å². The van der Waals surface area contributed by atoms with E-state index >= 15 is 0 Å². The minimum Gasteiger partial charge on any atom is -0.236 e. The fraction of sp³-hybridized carbons (Fsp3) is 0.158. The highest BCUT2D eigenvalue weighted by molar-refractivity contribution is 9.10. The molecule has 0 saturated carbocycles. The summed E-state index contributed by atoms with van der Waals surface area (Å²) in [6.45, 7) is 0. The number of para-hydroxylation sites is 1. The first-order valence-corrected chi connectivity index (χ1v) is 11.2. The third-order valence-corrected chi connectivity index (χ3v) is 6.30. The Bertz CT molecular complexity index is 1160. The molecule has 1 aliphatic heterocycles. The molecule has 0 N–H and O–H groups in total. The molecular weight excluding hydrogens is 450 g/mol.